The normalized spacial score (nSPS) is 20.8. The van der Waals surface area contributed by atoms with Gasteiger partial charge in [0.1, 0.15) is 0 Å². The number of carbonyl (C=O) groups excluding carboxylic acids is 1. The first-order valence-corrected chi connectivity index (χ1v) is 10.8. The lowest BCUT2D eigenvalue weighted by atomic mass is 9.95. The van der Waals surface area contributed by atoms with Gasteiger partial charge in [0.25, 0.3) is 0 Å². The van der Waals surface area contributed by atoms with Gasteiger partial charge in [-0.1, -0.05) is 24.3 Å². The minimum atomic E-state index is -0.500. The molecule has 0 bridgehead atoms. The minimum Gasteiger partial charge on any atom is -0.390 e. The molecule has 1 amide bonds. The third kappa shape index (κ3) is 7.39. The Labute approximate surface area is 197 Å². The Kier molecular flexibility index (Phi) is 10.3. The van der Waals surface area contributed by atoms with E-state index in [1.807, 2.05) is 6.92 Å². The van der Waals surface area contributed by atoms with Crippen molar-refractivity contribution >= 4 is 35.8 Å². The van der Waals surface area contributed by atoms with Crippen molar-refractivity contribution < 1.29 is 9.90 Å². The van der Waals surface area contributed by atoms with E-state index in [0.717, 1.165) is 57.9 Å². The van der Waals surface area contributed by atoms with Crippen LogP contribution in [0.1, 0.15) is 37.3 Å². The van der Waals surface area contributed by atoms with Gasteiger partial charge in [-0.25, -0.2) is 0 Å². The molecule has 0 radical (unpaired) electrons. The number of likely N-dealkylation sites (tertiary alicyclic amines) is 1. The van der Waals surface area contributed by atoms with Crippen molar-refractivity contribution in [2.75, 3.05) is 39.3 Å². The van der Waals surface area contributed by atoms with Crippen LogP contribution in [-0.4, -0.2) is 72.1 Å². The van der Waals surface area contributed by atoms with E-state index in [-0.39, 0.29) is 35.8 Å². The zero-order chi connectivity index (χ0) is 20.6. The zero-order valence-electron chi connectivity index (χ0n) is 17.9. The predicted octanol–water partition coefficient (Wildman–Crippen LogP) is 1.58. The molecule has 2 heterocycles. The number of aliphatic hydroxyl groups excluding tert-OH is 1. The summed E-state index contributed by atoms with van der Waals surface area (Å²) in [7, 11) is 0. The standard InChI is InChI=1S/C22H35N5O2.HI/c1-2-24-22(27-10-5-6-17(14-27)12-21(23)29)25-13-20(28)16-26-11-9-18-7-3-4-8-19(18)15-26;/h3-4,7-8,17,20,28H,2,5-6,9-16H2,1H3,(H2,23,29)(H,24,25);1H. The monoisotopic (exact) mass is 529 g/mol. The molecule has 1 fully saturated rings. The Morgan fingerprint density at radius 1 is 1.33 bits per heavy atom. The molecule has 1 aromatic carbocycles. The number of rotatable bonds is 7. The average molecular weight is 529 g/mol. The fraction of sp³-hybridized carbons (Fsp3) is 0.636. The van der Waals surface area contributed by atoms with E-state index in [1.165, 1.54) is 11.1 Å². The number of guanidine groups is 1. The van der Waals surface area contributed by atoms with Crippen LogP contribution >= 0.6 is 24.0 Å². The van der Waals surface area contributed by atoms with Crippen molar-refractivity contribution in [3.05, 3.63) is 35.4 Å². The molecular formula is C22H36IN5O2. The minimum absolute atomic E-state index is 0. The summed E-state index contributed by atoms with van der Waals surface area (Å²) >= 11 is 0. The second-order valence-corrected chi connectivity index (χ2v) is 8.23. The molecule has 8 heteroatoms. The van der Waals surface area contributed by atoms with Gasteiger partial charge in [0.15, 0.2) is 5.96 Å². The number of fused-ring (bicyclic) bond motifs is 1. The van der Waals surface area contributed by atoms with Crippen molar-refractivity contribution in [2.24, 2.45) is 16.6 Å². The smallest absolute Gasteiger partial charge is 0.217 e. The number of halogens is 1. The van der Waals surface area contributed by atoms with Crippen LogP contribution in [0.5, 0.6) is 0 Å². The summed E-state index contributed by atoms with van der Waals surface area (Å²) in [5.74, 6) is 0.866. The number of benzene rings is 1. The number of aliphatic imine (C=N–C) groups is 1. The molecule has 0 aromatic heterocycles. The van der Waals surface area contributed by atoms with Gasteiger partial charge in [-0.15, -0.1) is 24.0 Å². The highest BCUT2D eigenvalue weighted by Crippen LogP contribution is 2.20. The zero-order valence-corrected chi connectivity index (χ0v) is 20.3. The van der Waals surface area contributed by atoms with E-state index >= 15 is 0 Å². The van der Waals surface area contributed by atoms with Crippen molar-refractivity contribution in [3.8, 4) is 0 Å². The molecule has 1 saturated heterocycles. The van der Waals surface area contributed by atoms with Crippen LogP contribution in [0.25, 0.3) is 0 Å². The Bertz CT molecular complexity index is 715. The highest BCUT2D eigenvalue weighted by molar-refractivity contribution is 14.0. The van der Waals surface area contributed by atoms with E-state index < -0.39 is 6.10 Å². The van der Waals surface area contributed by atoms with Crippen molar-refractivity contribution in [3.63, 3.8) is 0 Å². The van der Waals surface area contributed by atoms with Gasteiger partial charge in [-0.3, -0.25) is 14.7 Å². The van der Waals surface area contributed by atoms with Crippen LogP contribution in [0, 0.1) is 5.92 Å². The lowest BCUT2D eigenvalue weighted by Gasteiger charge is -2.35. The molecule has 0 spiro atoms. The molecule has 2 atom stereocenters. The Morgan fingerprint density at radius 3 is 2.83 bits per heavy atom. The van der Waals surface area contributed by atoms with Gasteiger partial charge in [-0.05, 0) is 43.2 Å². The number of carbonyl (C=O) groups is 1. The van der Waals surface area contributed by atoms with Crippen molar-refractivity contribution in [2.45, 2.75) is 45.3 Å². The van der Waals surface area contributed by atoms with E-state index in [0.29, 0.717) is 19.5 Å². The van der Waals surface area contributed by atoms with E-state index in [1.54, 1.807) is 0 Å². The topological polar surface area (TPSA) is 94.2 Å². The van der Waals surface area contributed by atoms with Crippen LogP contribution in [0.4, 0.5) is 0 Å². The summed E-state index contributed by atoms with van der Waals surface area (Å²) in [5.41, 5.74) is 8.16. The number of piperidine rings is 1. The molecule has 1 aromatic rings. The number of primary amides is 1. The van der Waals surface area contributed by atoms with Crippen LogP contribution < -0.4 is 11.1 Å². The molecule has 168 valence electrons. The molecule has 0 saturated carbocycles. The second-order valence-electron chi connectivity index (χ2n) is 8.23. The molecular weight excluding hydrogens is 493 g/mol. The third-order valence-electron chi connectivity index (χ3n) is 5.77. The lowest BCUT2D eigenvalue weighted by Crippen LogP contribution is -2.47. The lowest BCUT2D eigenvalue weighted by molar-refractivity contribution is -0.119. The largest absolute Gasteiger partial charge is 0.390 e. The number of hydrogen-bond donors (Lipinski definition) is 3. The van der Waals surface area contributed by atoms with Crippen LogP contribution in [0.3, 0.4) is 0 Å². The van der Waals surface area contributed by atoms with Crippen LogP contribution in [0.2, 0.25) is 0 Å². The fourth-order valence-electron chi connectivity index (χ4n) is 4.39. The first-order chi connectivity index (χ1) is 14.0. The van der Waals surface area contributed by atoms with Crippen LogP contribution in [0.15, 0.2) is 29.3 Å². The molecule has 2 aliphatic heterocycles. The first-order valence-electron chi connectivity index (χ1n) is 10.8. The molecule has 3 rings (SSSR count). The quantitative estimate of drug-likeness (QED) is 0.283. The third-order valence-corrected chi connectivity index (χ3v) is 5.77. The average Bonchev–Trinajstić information content (AvgIpc) is 2.70. The Hall–Kier alpha value is -1.39. The summed E-state index contributed by atoms with van der Waals surface area (Å²) in [6.07, 6.45) is 3.01. The van der Waals surface area contributed by atoms with E-state index in [9.17, 15) is 9.90 Å². The van der Waals surface area contributed by atoms with Gasteiger partial charge < -0.3 is 21.1 Å². The van der Waals surface area contributed by atoms with Gasteiger partial charge in [-0.2, -0.15) is 0 Å². The summed E-state index contributed by atoms with van der Waals surface area (Å²) in [6, 6.07) is 8.54. The summed E-state index contributed by atoms with van der Waals surface area (Å²) < 4.78 is 0. The van der Waals surface area contributed by atoms with Gasteiger partial charge in [0.05, 0.1) is 12.6 Å². The highest BCUT2D eigenvalue weighted by Gasteiger charge is 2.24. The Morgan fingerprint density at radius 2 is 2.10 bits per heavy atom. The number of β-amino-alcohol motifs (C(OH)–C–C–N with tert-alkyl or cyclic N) is 1. The molecule has 30 heavy (non-hydrogen) atoms. The van der Waals surface area contributed by atoms with Gasteiger partial charge in [0, 0.05) is 45.7 Å². The fourth-order valence-corrected chi connectivity index (χ4v) is 4.39. The molecule has 0 aliphatic carbocycles. The van der Waals surface area contributed by atoms with Gasteiger partial charge in [0.2, 0.25) is 5.91 Å². The summed E-state index contributed by atoms with van der Waals surface area (Å²) in [6.45, 7) is 7.38. The summed E-state index contributed by atoms with van der Waals surface area (Å²) in [5, 5.41) is 13.9. The van der Waals surface area contributed by atoms with Crippen LogP contribution in [-0.2, 0) is 17.8 Å². The van der Waals surface area contributed by atoms with Crippen molar-refractivity contribution in [1.82, 2.24) is 15.1 Å². The van der Waals surface area contributed by atoms with E-state index in [4.69, 9.17) is 10.7 Å². The number of hydrogen-bond acceptors (Lipinski definition) is 4. The number of nitrogens with one attached hydrogen (secondary N) is 1. The Balaban J connectivity index is 0.00000320. The molecule has 4 N–H and O–H groups in total. The van der Waals surface area contributed by atoms with Gasteiger partial charge >= 0.3 is 0 Å². The molecule has 2 aliphatic rings. The summed E-state index contributed by atoms with van der Waals surface area (Å²) in [4.78, 5) is 20.5. The predicted molar refractivity (Wildman–Crippen MR) is 131 cm³/mol. The number of aliphatic hydroxyl groups is 1. The first kappa shape index (κ1) is 24.9. The maximum absolute atomic E-state index is 11.3. The maximum Gasteiger partial charge on any atom is 0.217 e. The van der Waals surface area contributed by atoms with Crippen molar-refractivity contribution in [1.29, 1.82) is 0 Å². The second kappa shape index (κ2) is 12.5. The number of nitrogens with two attached hydrogens (primary N) is 1. The SMILES string of the molecule is CCNC(=NCC(O)CN1CCc2ccccc2C1)N1CCCC(CC(N)=O)C1.I. The number of amides is 1. The van der Waals surface area contributed by atoms with E-state index in [2.05, 4.69) is 39.4 Å². The highest BCUT2D eigenvalue weighted by atomic mass is 127. The molecule has 2 unspecified atom stereocenters. The number of nitrogens with zero attached hydrogens (tertiary/aromatic N) is 3. The molecule has 7 nitrogen and oxygen atoms in total. The maximum atomic E-state index is 11.3.